The number of nitrogen functional groups attached to an aromatic ring is 1. The second-order valence-electron chi connectivity index (χ2n) is 6.32. The number of amides is 1. The molecule has 2 aromatic carbocycles. The molecule has 0 fully saturated rings. The third kappa shape index (κ3) is 5.61. The van der Waals surface area contributed by atoms with Crippen molar-refractivity contribution in [2.45, 2.75) is 18.3 Å². The first kappa shape index (κ1) is 22.8. The molecular weight excluding hydrogens is 455 g/mol. The Bertz CT molecular complexity index is 1040. The topological polar surface area (TPSA) is 86.3 Å². The van der Waals surface area contributed by atoms with Crippen molar-refractivity contribution in [2.75, 3.05) is 18.6 Å². The van der Waals surface area contributed by atoms with E-state index in [2.05, 4.69) is 14.9 Å². The highest BCUT2D eigenvalue weighted by Crippen LogP contribution is 2.25. The number of nitrogens with zero attached hydrogens (tertiary/aromatic N) is 4. The molecule has 0 aliphatic heterocycles. The highest BCUT2D eigenvalue weighted by Gasteiger charge is 2.18. The Morgan fingerprint density at radius 3 is 2.61 bits per heavy atom. The Hall–Kier alpha value is -2.92. The summed E-state index contributed by atoms with van der Waals surface area (Å²) in [5.41, 5.74) is 0.759. The summed E-state index contributed by atoms with van der Waals surface area (Å²) < 4.78 is 43.9. The molecule has 0 atom stereocenters. The van der Waals surface area contributed by atoms with Crippen LogP contribution >= 0.6 is 23.4 Å². The number of alkyl halides is 2. The molecule has 0 saturated carbocycles. The number of carbonyl (C=O) groups excluding carboxylic acids is 1. The van der Waals surface area contributed by atoms with E-state index in [1.807, 2.05) is 0 Å². The van der Waals surface area contributed by atoms with E-state index in [1.54, 1.807) is 6.07 Å². The highest BCUT2D eigenvalue weighted by molar-refractivity contribution is 7.99. The van der Waals surface area contributed by atoms with Crippen LogP contribution in [0.15, 0.2) is 47.6 Å². The summed E-state index contributed by atoms with van der Waals surface area (Å²) in [5.74, 6) is 5.50. The van der Waals surface area contributed by atoms with Crippen LogP contribution in [0.3, 0.4) is 0 Å². The second kappa shape index (κ2) is 9.92. The third-order valence-corrected chi connectivity index (χ3v) is 5.49. The molecule has 1 heterocycles. The van der Waals surface area contributed by atoms with Gasteiger partial charge in [0.25, 0.3) is 0 Å². The monoisotopic (exact) mass is 471 g/mol. The number of carbonyl (C=O) groups is 1. The molecule has 0 radical (unpaired) electrons. The maximum atomic E-state index is 13.9. The summed E-state index contributed by atoms with van der Waals surface area (Å²) in [6.07, 6.45) is 0. The fourth-order valence-electron chi connectivity index (χ4n) is 2.60. The number of benzene rings is 2. The van der Waals surface area contributed by atoms with Crippen molar-refractivity contribution in [1.82, 2.24) is 19.8 Å². The van der Waals surface area contributed by atoms with Crippen molar-refractivity contribution >= 4 is 29.3 Å². The van der Waals surface area contributed by atoms with E-state index in [-0.39, 0.29) is 45.5 Å². The van der Waals surface area contributed by atoms with Gasteiger partial charge in [-0.25, -0.2) is 9.07 Å². The van der Waals surface area contributed by atoms with Crippen LogP contribution in [0.25, 0.3) is 11.4 Å². The Labute approximate surface area is 184 Å². The molecule has 3 rings (SSSR count). The second-order valence-corrected chi connectivity index (χ2v) is 7.67. The van der Waals surface area contributed by atoms with Gasteiger partial charge in [-0.1, -0.05) is 29.4 Å². The van der Waals surface area contributed by atoms with Crippen LogP contribution in [0, 0.1) is 5.82 Å². The van der Waals surface area contributed by atoms with E-state index >= 15 is 0 Å². The van der Waals surface area contributed by atoms with Crippen LogP contribution in [0.4, 0.5) is 13.2 Å². The molecule has 0 spiro atoms. The lowest BCUT2D eigenvalue weighted by Crippen LogP contribution is -2.28. The van der Waals surface area contributed by atoms with Gasteiger partial charge in [-0.2, -0.15) is 8.78 Å². The molecule has 12 heteroatoms. The molecule has 7 nitrogen and oxygen atoms in total. The van der Waals surface area contributed by atoms with Crippen molar-refractivity contribution in [2.24, 2.45) is 0 Å². The number of aromatic nitrogens is 3. The predicted octanol–water partition coefficient (Wildman–Crippen LogP) is 3.80. The van der Waals surface area contributed by atoms with E-state index in [0.29, 0.717) is 5.56 Å². The molecule has 2 N–H and O–H groups in total. The summed E-state index contributed by atoms with van der Waals surface area (Å²) >= 11 is 7.05. The maximum absolute atomic E-state index is 13.9. The lowest BCUT2D eigenvalue weighted by Gasteiger charge is -2.18. The lowest BCUT2D eigenvalue weighted by molar-refractivity contribution is -0.127. The first-order chi connectivity index (χ1) is 14.8. The molecule has 0 aliphatic carbocycles. The fraction of sp³-hybridized carbons (Fsp3) is 0.211. The zero-order chi connectivity index (χ0) is 22.5. The highest BCUT2D eigenvalue weighted by atomic mass is 35.5. The molecule has 0 saturated heterocycles. The number of halogens is 4. The lowest BCUT2D eigenvalue weighted by atomic mass is 10.2. The zero-order valence-electron chi connectivity index (χ0n) is 16.1. The Morgan fingerprint density at radius 2 is 1.97 bits per heavy atom. The van der Waals surface area contributed by atoms with E-state index in [4.69, 9.17) is 17.4 Å². The first-order valence-electron chi connectivity index (χ1n) is 8.81. The molecule has 0 unspecified atom stereocenters. The standard InChI is InChI=1S/C19H17ClF3N5O2S/c1-27(9-13-14(20)3-2-4-15(13)21)16(29)10-31-19-26-25-17(28(19)24)11-5-7-12(8-6-11)30-18(22)23/h2-8,18H,9-10,24H2,1H3. The number of hydrogen-bond acceptors (Lipinski definition) is 6. The van der Waals surface area contributed by atoms with Gasteiger partial charge < -0.3 is 15.5 Å². The normalized spacial score (nSPS) is 11.0. The third-order valence-electron chi connectivity index (χ3n) is 4.21. The van der Waals surface area contributed by atoms with Gasteiger partial charge in [0.15, 0.2) is 5.82 Å². The summed E-state index contributed by atoms with van der Waals surface area (Å²) in [6.45, 7) is -2.91. The van der Waals surface area contributed by atoms with Gasteiger partial charge in [0.1, 0.15) is 11.6 Å². The van der Waals surface area contributed by atoms with Gasteiger partial charge in [0, 0.05) is 29.7 Å². The largest absolute Gasteiger partial charge is 0.435 e. The first-order valence-corrected chi connectivity index (χ1v) is 10.2. The molecule has 1 aromatic heterocycles. The van der Waals surface area contributed by atoms with Crippen molar-refractivity contribution < 1.29 is 22.7 Å². The van der Waals surface area contributed by atoms with Gasteiger partial charge in [0.05, 0.1) is 5.75 Å². The minimum Gasteiger partial charge on any atom is -0.435 e. The molecule has 1 amide bonds. The van der Waals surface area contributed by atoms with Crippen LogP contribution in [0.2, 0.25) is 5.02 Å². The quantitative estimate of drug-likeness (QED) is 0.397. The van der Waals surface area contributed by atoms with E-state index in [9.17, 15) is 18.0 Å². The van der Waals surface area contributed by atoms with Crippen molar-refractivity contribution in [3.8, 4) is 17.1 Å². The molecule has 31 heavy (non-hydrogen) atoms. The zero-order valence-corrected chi connectivity index (χ0v) is 17.7. The van der Waals surface area contributed by atoms with Crippen LogP contribution in [-0.4, -0.2) is 45.1 Å². The van der Waals surface area contributed by atoms with Crippen molar-refractivity contribution in [1.29, 1.82) is 0 Å². The average molecular weight is 472 g/mol. The number of thioether (sulfide) groups is 1. The van der Waals surface area contributed by atoms with Crippen LogP contribution in [0.5, 0.6) is 5.75 Å². The summed E-state index contributed by atoms with van der Waals surface area (Å²) in [7, 11) is 1.54. The summed E-state index contributed by atoms with van der Waals surface area (Å²) in [5, 5.41) is 8.44. The predicted molar refractivity (Wildman–Crippen MR) is 111 cm³/mol. The maximum Gasteiger partial charge on any atom is 0.387 e. The van der Waals surface area contributed by atoms with Gasteiger partial charge in [-0.3, -0.25) is 4.79 Å². The number of ether oxygens (including phenoxy) is 1. The fourth-order valence-corrected chi connectivity index (χ4v) is 3.62. The Kier molecular flexibility index (Phi) is 7.29. The van der Waals surface area contributed by atoms with Crippen molar-refractivity contribution in [3.63, 3.8) is 0 Å². The van der Waals surface area contributed by atoms with Crippen LogP contribution < -0.4 is 10.6 Å². The molecule has 0 aliphatic rings. The Balaban J connectivity index is 1.62. The molecule has 3 aromatic rings. The van der Waals surface area contributed by atoms with E-state index in [1.165, 1.54) is 53.0 Å². The summed E-state index contributed by atoms with van der Waals surface area (Å²) in [4.78, 5) is 13.8. The SMILES string of the molecule is CN(Cc1c(F)cccc1Cl)C(=O)CSc1nnc(-c2ccc(OC(F)F)cc2)n1N. The van der Waals surface area contributed by atoms with Gasteiger partial charge in [0.2, 0.25) is 11.1 Å². The number of nitrogens with two attached hydrogens (primary N) is 1. The molecular formula is C19H17ClF3N5O2S. The minimum absolute atomic E-state index is 0.0000234. The van der Waals surface area contributed by atoms with E-state index in [0.717, 1.165) is 11.8 Å². The number of hydrogen-bond donors (Lipinski definition) is 1. The van der Waals surface area contributed by atoms with Gasteiger partial charge >= 0.3 is 6.61 Å². The molecule has 164 valence electrons. The average Bonchev–Trinajstić information content (AvgIpc) is 3.09. The smallest absolute Gasteiger partial charge is 0.387 e. The summed E-state index contributed by atoms with van der Waals surface area (Å²) in [6, 6.07) is 10.1. The number of rotatable bonds is 8. The van der Waals surface area contributed by atoms with Crippen LogP contribution in [-0.2, 0) is 11.3 Å². The minimum atomic E-state index is -2.92. The Morgan fingerprint density at radius 1 is 1.26 bits per heavy atom. The van der Waals surface area contributed by atoms with E-state index < -0.39 is 12.4 Å². The van der Waals surface area contributed by atoms with Crippen LogP contribution in [0.1, 0.15) is 5.56 Å². The molecule has 0 bridgehead atoms. The van der Waals surface area contributed by atoms with Crippen molar-refractivity contribution in [3.05, 3.63) is 58.9 Å². The van der Waals surface area contributed by atoms with Gasteiger partial charge in [-0.15, -0.1) is 10.2 Å². The van der Waals surface area contributed by atoms with Gasteiger partial charge in [-0.05, 0) is 36.4 Å².